The lowest BCUT2D eigenvalue weighted by molar-refractivity contribution is 0.0767. The van der Waals surface area contributed by atoms with Crippen LogP contribution in [0.2, 0.25) is 5.02 Å². The van der Waals surface area contributed by atoms with Crippen LogP contribution >= 0.6 is 11.6 Å². The Hall–Kier alpha value is -3.49. The SMILES string of the molecule is COCc1nc(N2CCCN(C(=O)c3ccc(C)cc3)CC2)c2c(C)nn(-c3cccc(Cl)c3)c2n1. The number of carbonyl (C=O) groups is 1. The highest BCUT2D eigenvalue weighted by molar-refractivity contribution is 6.30. The van der Waals surface area contributed by atoms with Crippen molar-refractivity contribution in [3.63, 3.8) is 0 Å². The van der Waals surface area contributed by atoms with E-state index in [-0.39, 0.29) is 12.5 Å². The summed E-state index contributed by atoms with van der Waals surface area (Å²) in [5.41, 5.74) is 4.24. The van der Waals surface area contributed by atoms with Gasteiger partial charge in [0.1, 0.15) is 12.4 Å². The number of methoxy groups -OCH3 is 1. The number of nitrogens with zero attached hydrogens (tertiary/aromatic N) is 6. The molecule has 1 aliphatic heterocycles. The van der Waals surface area contributed by atoms with E-state index in [1.165, 1.54) is 0 Å². The maximum atomic E-state index is 13.1. The fraction of sp³-hybridized carbons (Fsp3) is 0.333. The number of carbonyl (C=O) groups excluding carboxylic acids is 1. The Labute approximate surface area is 215 Å². The molecule has 0 radical (unpaired) electrons. The molecule has 1 aliphatic rings. The third-order valence-electron chi connectivity index (χ3n) is 6.44. The maximum absolute atomic E-state index is 13.1. The molecule has 0 atom stereocenters. The summed E-state index contributed by atoms with van der Waals surface area (Å²) in [6, 6.07) is 15.3. The lowest BCUT2D eigenvalue weighted by Gasteiger charge is -2.24. The molecule has 186 valence electrons. The molecule has 3 heterocycles. The quantitative estimate of drug-likeness (QED) is 0.396. The fourth-order valence-electron chi connectivity index (χ4n) is 4.63. The van der Waals surface area contributed by atoms with E-state index >= 15 is 0 Å². The maximum Gasteiger partial charge on any atom is 0.253 e. The van der Waals surface area contributed by atoms with Gasteiger partial charge in [-0.25, -0.2) is 14.6 Å². The van der Waals surface area contributed by atoms with Gasteiger partial charge in [0.15, 0.2) is 11.5 Å². The number of ether oxygens (including phenoxy) is 1. The minimum atomic E-state index is 0.0645. The van der Waals surface area contributed by atoms with Gasteiger partial charge in [0.05, 0.1) is 16.8 Å². The van der Waals surface area contributed by atoms with Gasteiger partial charge < -0.3 is 14.5 Å². The molecule has 0 unspecified atom stereocenters. The molecule has 36 heavy (non-hydrogen) atoms. The zero-order chi connectivity index (χ0) is 25.2. The lowest BCUT2D eigenvalue weighted by atomic mass is 10.1. The molecule has 2 aromatic heterocycles. The number of aryl methyl sites for hydroxylation is 2. The highest BCUT2D eigenvalue weighted by Gasteiger charge is 2.25. The summed E-state index contributed by atoms with van der Waals surface area (Å²) in [4.78, 5) is 27.0. The fourth-order valence-corrected chi connectivity index (χ4v) is 4.81. The largest absolute Gasteiger partial charge is 0.377 e. The number of fused-ring (bicyclic) bond motifs is 1. The summed E-state index contributed by atoms with van der Waals surface area (Å²) in [6.45, 7) is 7.03. The van der Waals surface area contributed by atoms with Crippen LogP contribution in [0.5, 0.6) is 0 Å². The van der Waals surface area contributed by atoms with E-state index in [9.17, 15) is 4.79 Å². The molecule has 0 bridgehead atoms. The number of aromatic nitrogens is 4. The highest BCUT2D eigenvalue weighted by Crippen LogP contribution is 2.30. The Bertz CT molecular complexity index is 1400. The average Bonchev–Trinajstić information content (AvgIpc) is 3.04. The molecule has 1 amide bonds. The molecule has 1 fully saturated rings. The monoisotopic (exact) mass is 504 g/mol. The van der Waals surface area contributed by atoms with Crippen LogP contribution in [0.1, 0.15) is 33.9 Å². The number of anilines is 1. The molecule has 2 aromatic carbocycles. The average molecular weight is 505 g/mol. The molecule has 0 N–H and O–H groups in total. The zero-order valence-corrected chi connectivity index (χ0v) is 21.5. The van der Waals surface area contributed by atoms with Crippen molar-refractivity contribution in [2.45, 2.75) is 26.9 Å². The minimum Gasteiger partial charge on any atom is -0.377 e. The molecule has 4 aromatic rings. The van der Waals surface area contributed by atoms with Crippen molar-refractivity contribution in [1.82, 2.24) is 24.6 Å². The van der Waals surface area contributed by atoms with Crippen LogP contribution in [-0.2, 0) is 11.3 Å². The van der Waals surface area contributed by atoms with E-state index in [1.807, 2.05) is 72.0 Å². The van der Waals surface area contributed by atoms with Crippen molar-refractivity contribution in [2.75, 3.05) is 38.2 Å². The number of hydrogen-bond donors (Lipinski definition) is 0. The number of hydrogen-bond acceptors (Lipinski definition) is 6. The van der Waals surface area contributed by atoms with Crippen molar-refractivity contribution >= 4 is 34.4 Å². The first-order chi connectivity index (χ1) is 17.4. The van der Waals surface area contributed by atoms with Crippen LogP contribution in [0.4, 0.5) is 5.82 Å². The molecule has 1 saturated heterocycles. The Kier molecular flexibility index (Phi) is 6.89. The molecular formula is C27H29ClN6O2. The van der Waals surface area contributed by atoms with E-state index < -0.39 is 0 Å². The first kappa shape index (κ1) is 24.2. The van der Waals surface area contributed by atoms with E-state index in [2.05, 4.69) is 4.90 Å². The molecule has 0 aliphatic carbocycles. The summed E-state index contributed by atoms with van der Waals surface area (Å²) >= 11 is 6.26. The van der Waals surface area contributed by atoms with E-state index in [0.29, 0.717) is 36.1 Å². The summed E-state index contributed by atoms with van der Waals surface area (Å²) in [5.74, 6) is 1.47. The molecular weight excluding hydrogens is 476 g/mol. The third-order valence-corrected chi connectivity index (χ3v) is 6.67. The normalized spacial score (nSPS) is 14.3. The van der Waals surface area contributed by atoms with Crippen molar-refractivity contribution in [3.8, 4) is 5.69 Å². The summed E-state index contributed by atoms with van der Waals surface area (Å²) in [6.07, 6.45) is 0.837. The van der Waals surface area contributed by atoms with Crippen molar-refractivity contribution < 1.29 is 9.53 Å². The molecule has 5 rings (SSSR count). The smallest absolute Gasteiger partial charge is 0.253 e. The Balaban J connectivity index is 1.49. The van der Waals surface area contributed by atoms with Crippen LogP contribution in [0.3, 0.4) is 0 Å². The first-order valence-electron chi connectivity index (χ1n) is 12.1. The summed E-state index contributed by atoms with van der Waals surface area (Å²) in [7, 11) is 1.63. The van der Waals surface area contributed by atoms with Gasteiger partial charge in [0.2, 0.25) is 0 Å². The summed E-state index contributed by atoms with van der Waals surface area (Å²) < 4.78 is 7.19. The number of amides is 1. The van der Waals surface area contributed by atoms with Gasteiger partial charge >= 0.3 is 0 Å². The van der Waals surface area contributed by atoms with Crippen LogP contribution < -0.4 is 4.90 Å². The number of halogens is 1. The Morgan fingerprint density at radius 2 is 1.83 bits per heavy atom. The van der Waals surface area contributed by atoms with E-state index in [1.54, 1.807) is 7.11 Å². The van der Waals surface area contributed by atoms with Gasteiger partial charge in [-0.2, -0.15) is 5.10 Å². The lowest BCUT2D eigenvalue weighted by Crippen LogP contribution is -2.35. The van der Waals surface area contributed by atoms with Gasteiger partial charge in [0, 0.05) is 43.9 Å². The number of rotatable bonds is 5. The minimum absolute atomic E-state index is 0.0645. The van der Waals surface area contributed by atoms with Gasteiger partial charge in [-0.15, -0.1) is 0 Å². The Morgan fingerprint density at radius 1 is 1.03 bits per heavy atom. The van der Waals surface area contributed by atoms with E-state index in [0.717, 1.165) is 46.7 Å². The van der Waals surface area contributed by atoms with Crippen LogP contribution in [0.25, 0.3) is 16.7 Å². The van der Waals surface area contributed by atoms with E-state index in [4.69, 9.17) is 31.4 Å². The predicted octanol–water partition coefficient (Wildman–Crippen LogP) is 4.58. The standard InChI is InChI=1S/C27H29ClN6O2/c1-18-8-10-20(11-9-18)27(35)33-13-5-12-32(14-15-33)25-24-19(2)31-34(22-7-4-6-21(28)16-22)26(24)30-23(29-25)17-36-3/h4,6-11,16H,5,12-15,17H2,1-3H3. The van der Waals surface area contributed by atoms with Gasteiger partial charge in [-0.1, -0.05) is 35.4 Å². The van der Waals surface area contributed by atoms with Crippen molar-refractivity contribution in [1.29, 1.82) is 0 Å². The third kappa shape index (κ3) is 4.79. The Morgan fingerprint density at radius 3 is 2.58 bits per heavy atom. The second kappa shape index (κ2) is 10.2. The van der Waals surface area contributed by atoms with Gasteiger partial charge in [0.25, 0.3) is 5.91 Å². The van der Waals surface area contributed by atoms with Crippen molar-refractivity contribution in [2.24, 2.45) is 0 Å². The molecule has 0 saturated carbocycles. The number of benzene rings is 2. The first-order valence-corrected chi connectivity index (χ1v) is 12.4. The second-order valence-electron chi connectivity index (χ2n) is 9.07. The van der Waals surface area contributed by atoms with Gasteiger partial charge in [-0.05, 0) is 50.6 Å². The molecule has 8 nitrogen and oxygen atoms in total. The molecule has 0 spiro atoms. The van der Waals surface area contributed by atoms with Crippen LogP contribution in [0, 0.1) is 13.8 Å². The summed E-state index contributed by atoms with van der Waals surface area (Å²) in [5, 5.41) is 6.32. The van der Waals surface area contributed by atoms with Crippen molar-refractivity contribution in [3.05, 3.63) is 76.2 Å². The molecule has 9 heteroatoms. The topological polar surface area (TPSA) is 76.4 Å². The zero-order valence-electron chi connectivity index (χ0n) is 20.7. The van der Waals surface area contributed by atoms with Gasteiger partial charge in [-0.3, -0.25) is 4.79 Å². The highest BCUT2D eigenvalue weighted by atomic mass is 35.5. The van der Waals surface area contributed by atoms with Crippen LogP contribution in [-0.4, -0.2) is 63.8 Å². The van der Waals surface area contributed by atoms with Crippen LogP contribution in [0.15, 0.2) is 48.5 Å². The predicted molar refractivity (Wildman–Crippen MR) is 141 cm³/mol. The second-order valence-corrected chi connectivity index (χ2v) is 9.51.